The highest BCUT2D eigenvalue weighted by Gasteiger charge is 2.03. The second-order valence-electron chi connectivity index (χ2n) is 4.00. The molecule has 0 aliphatic rings. The maximum Gasteiger partial charge on any atom is 0.0950 e. The van der Waals surface area contributed by atoms with Gasteiger partial charge in [-0.05, 0) is 18.9 Å². The first-order chi connectivity index (χ1) is 8.31. The van der Waals surface area contributed by atoms with Gasteiger partial charge in [0.2, 0.25) is 0 Å². The normalized spacial score (nSPS) is 12.6. The first-order valence-electron chi connectivity index (χ1n) is 5.89. The third-order valence-corrected chi connectivity index (χ3v) is 3.29. The van der Waals surface area contributed by atoms with Crippen LogP contribution in [0.15, 0.2) is 30.5 Å². The molecule has 0 radical (unpaired) electrons. The number of fused-ring (bicyclic) bond motifs is 1. The van der Waals surface area contributed by atoms with Crippen LogP contribution in [0.25, 0.3) is 10.9 Å². The summed E-state index contributed by atoms with van der Waals surface area (Å²) in [5.41, 5.74) is 1.94. The number of hydrogen-bond acceptors (Lipinski definition) is 3. The fourth-order valence-corrected chi connectivity index (χ4v) is 1.82. The number of nitrogens with zero attached hydrogens (tertiary/aromatic N) is 2. The largest absolute Gasteiger partial charge is 0.383 e. The van der Waals surface area contributed by atoms with Crippen molar-refractivity contribution < 1.29 is 0 Å². The molecule has 4 heteroatoms. The second kappa shape index (κ2) is 5.82. The van der Waals surface area contributed by atoms with Crippen LogP contribution >= 0.6 is 11.6 Å². The van der Waals surface area contributed by atoms with E-state index in [1.165, 1.54) is 0 Å². The molecule has 0 aliphatic carbocycles. The summed E-state index contributed by atoms with van der Waals surface area (Å²) in [6.07, 6.45) is 3.71. The van der Waals surface area contributed by atoms with E-state index < -0.39 is 0 Å². The van der Waals surface area contributed by atoms with Gasteiger partial charge in [-0.3, -0.25) is 0 Å². The molecule has 1 heterocycles. The lowest BCUT2D eigenvalue weighted by atomic mass is 10.2. The van der Waals surface area contributed by atoms with E-state index in [9.17, 15) is 0 Å². The molecule has 1 atom stereocenters. The van der Waals surface area contributed by atoms with E-state index >= 15 is 0 Å². The van der Waals surface area contributed by atoms with Crippen molar-refractivity contribution in [2.24, 2.45) is 0 Å². The van der Waals surface area contributed by atoms with Crippen molar-refractivity contribution in [3.63, 3.8) is 0 Å². The van der Waals surface area contributed by atoms with Crippen LogP contribution in [0.2, 0.25) is 0 Å². The summed E-state index contributed by atoms with van der Waals surface area (Å²) in [6.45, 7) is 2.96. The van der Waals surface area contributed by atoms with E-state index in [0.29, 0.717) is 0 Å². The molecule has 3 nitrogen and oxygen atoms in total. The Labute approximate surface area is 106 Å². The lowest BCUT2D eigenvalue weighted by Crippen LogP contribution is -2.08. The summed E-state index contributed by atoms with van der Waals surface area (Å²) >= 11 is 6.08. The molecular weight excluding hydrogens is 234 g/mol. The standard InChI is InChI=1S/C13H16ClN3/c1-2-10(14)7-8-15-13-9-16-17-12-6-4-3-5-11(12)13/h3-6,9-10H,2,7-8H2,1H3,(H,15,17). The minimum atomic E-state index is 0.239. The molecule has 0 spiro atoms. The lowest BCUT2D eigenvalue weighted by molar-refractivity contribution is 0.753. The Morgan fingerprint density at radius 3 is 3.00 bits per heavy atom. The van der Waals surface area contributed by atoms with Crippen LogP contribution in [0.5, 0.6) is 0 Å². The molecule has 0 bridgehead atoms. The van der Waals surface area contributed by atoms with Crippen LogP contribution < -0.4 is 5.32 Å². The molecule has 1 N–H and O–H groups in total. The van der Waals surface area contributed by atoms with Gasteiger partial charge in [0.15, 0.2) is 0 Å². The fraction of sp³-hybridized carbons (Fsp3) is 0.385. The van der Waals surface area contributed by atoms with Gasteiger partial charge in [0.25, 0.3) is 0 Å². The zero-order valence-electron chi connectivity index (χ0n) is 9.86. The molecule has 17 heavy (non-hydrogen) atoms. The summed E-state index contributed by atoms with van der Waals surface area (Å²) in [4.78, 5) is 0. The van der Waals surface area contributed by atoms with Gasteiger partial charge >= 0.3 is 0 Å². The molecule has 2 rings (SSSR count). The van der Waals surface area contributed by atoms with Crippen molar-refractivity contribution in [1.82, 2.24) is 10.2 Å². The SMILES string of the molecule is CCC(Cl)CCNc1cnnc2ccccc12. The Kier molecular flexibility index (Phi) is 4.15. The Morgan fingerprint density at radius 2 is 2.18 bits per heavy atom. The van der Waals surface area contributed by atoms with Crippen molar-refractivity contribution in [2.75, 3.05) is 11.9 Å². The van der Waals surface area contributed by atoms with Crippen molar-refractivity contribution in [3.05, 3.63) is 30.5 Å². The number of nitrogens with one attached hydrogen (secondary N) is 1. The molecule has 0 saturated heterocycles. The van der Waals surface area contributed by atoms with Crippen LogP contribution in [0, 0.1) is 0 Å². The van der Waals surface area contributed by atoms with E-state index in [4.69, 9.17) is 11.6 Å². The monoisotopic (exact) mass is 249 g/mol. The van der Waals surface area contributed by atoms with Crippen molar-refractivity contribution in [3.8, 4) is 0 Å². The molecule has 0 saturated carbocycles. The Hall–Kier alpha value is -1.35. The number of alkyl halides is 1. The molecule has 1 aromatic carbocycles. The summed E-state index contributed by atoms with van der Waals surface area (Å²) in [6, 6.07) is 7.98. The molecule has 0 fully saturated rings. The Balaban J connectivity index is 2.08. The Bertz CT molecular complexity index is 482. The van der Waals surface area contributed by atoms with Crippen molar-refractivity contribution in [2.45, 2.75) is 25.1 Å². The summed E-state index contributed by atoms with van der Waals surface area (Å²) in [7, 11) is 0. The predicted molar refractivity (Wildman–Crippen MR) is 72.6 cm³/mol. The Morgan fingerprint density at radius 1 is 1.35 bits per heavy atom. The quantitative estimate of drug-likeness (QED) is 0.825. The zero-order chi connectivity index (χ0) is 12.1. The first kappa shape index (κ1) is 12.1. The lowest BCUT2D eigenvalue weighted by Gasteiger charge is -2.10. The van der Waals surface area contributed by atoms with Gasteiger partial charge < -0.3 is 5.32 Å². The molecular formula is C13H16ClN3. The van der Waals surface area contributed by atoms with Crippen LogP contribution in [-0.2, 0) is 0 Å². The number of benzene rings is 1. The molecule has 0 aliphatic heterocycles. The summed E-state index contributed by atoms with van der Waals surface area (Å²) < 4.78 is 0. The minimum absolute atomic E-state index is 0.239. The van der Waals surface area contributed by atoms with Gasteiger partial charge in [-0.2, -0.15) is 10.2 Å². The van der Waals surface area contributed by atoms with E-state index in [2.05, 4.69) is 22.4 Å². The first-order valence-corrected chi connectivity index (χ1v) is 6.33. The molecule has 0 amide bonds. The number of anilines is 1. The number of hydrogen-bond donors (Lipinski definition) is 1. The van der Waals surface area contributed by atoms with Gasteiger partial charge in [0.05, 0.1) is 17.4 Å². The highest BCUT2D eigenvalue weighted by Crippen LogP contribution is 2.19. The smallest absolute Gasteiger partial charge is 0.0950 e. The second-order valence-corrected chi connectivity index (χ2v) is 4.61. The third-order valence-electron chi connectivity index (χ3n) is 2.76. The average Bonchev–Trinajstić information content (AvgIpc) is 2.39. The third kappa shape index (κ3) is 3.07. The van der Waals surface area contributed by atoms with E-state index in [1.54, 1.807) is 6.20 Å². The minimum Gasteiger partial charge on any atom is -0.383 e. The fourth-order valence-electron chi connectivity index (χ4n) is 1.72. The van der Waals surface area contributed by atoms with Crippen LogP contribution in [-0.4, -0.2) is 22.1 Å². The van der Waals surface area contributed by atoms with Gasteiger partial charge in [0.1, 0.15) is 0 Å². The summed E-state index contributed by atoms with van der Waals surface area (Å²) in [5.74, 6) is 0. The van der Waals surface area contributed by atoms with Gasteiger partial charge in [-0.1, -0.05) is 25.1 Å². The van der Waals surface area contributed by atoms with Gasteiger partial charge in [-0.25, -0.2) is 0 Å². The maximum atomic E-state index is 6.08. The van der Waals surface area contributed by atoms with Gasteiger partial charge in [0, 0.05) is 17.3 Å². The van der Waals surface area contributed by atoms with E-state index in [-0.39, 0.29) is 5.38 Å². The van der Waals surface area contributed by atoms with Crippen LogP contribution in [0.1, 0.15) is 19.8 Å². The predicted octanol–water partition coefficient (Wildman–Crippen LogP) is 3.45. The van der Waals surface area contributed by atoms with Crippen LogP contribution in [0.4, 0.5) is 5.69 Å². The highest BCUT2D eigenvalue weighted by atomic mass is 35.5. The average molecular weight is 250 g/mol. The highest BCUT2D eigenvalue weighted by molar-refractivity contribution is 6.20. The van der Waals surface area contributed by atoms with Crippen molar-refractivity contribution in [1.29, 1.82) is 0 Å². The van der Waals surface area contributed by atoms with E-state index in [0.717, 1.165) is 36.0 Å². The number of halogens is 1. The van der Waals surface area contributed by atoms with E-state index in [1.807, 2.05) is 24.3 Å². The molecule has 2 aromatic rings. The zero-order valence-corrected chi connectivity index (χ0v) is 10.6. The van der Waals surface area contributed by atoms with Crippen LogP contribution in [0.3, 0.4) is 0 Å². The molecule has 1 aromatic heterocycles. The van der Waals surface area contributed by atoms with Gasteiger partial charge in [-0.15, -0.1) is 11.6 Å². The topological polar surface area (TPSA) is 37.8 Å². The summed E-state index contributed by atoms with van der Waals surface area (Å²) in [5, 5.41) is 12.8. The van der Waals surface area contributed by atoms with Crippen molar-refractivity contribution >= 4 is 28.2 Å². The number of aromatic nitrogens is 2. The molecule has 1 unspecified atom stereocenters. The maximum absolute atomic E-state index is 6.08. The number of rotatable bonds is 5. The molecule has 90 valence electrons.